The van der Waals surface area contributed by atoms with Crippen LogP contribution in [-0.4, -0.2) is 50.6 Å². The molecule has 1 atom stereocenters. The monoisotopic (exact) mass is 333 g/mol. The molecule has 3 rings (SSSR count). The molecule has 0 radical (unpaired) electrons. The number of aryl methyl sites for hydroxylation is 2. The van der Waals surface area contributed by atoms with Gasteiger partial charge in [0, 0.05) is 36.1 Å². The number of thiazole rings is 1. The summed E-state index contributed by atoms with van der Waals surface area (Å²) in [4.78, 5) is 26.7. The van der Waals surface area contributed by atoms with Crippen molar-refractivity contribution in [3.8, 4) is 0 Å². The third-order valence-corrected chi connectivity index (χ3v) is 4.64. The van der Waals surface area contributed by atoms with Crippen LogP contribution in [0.4, 0.5) is 10.9 Å². The van der Waals surface area contributed by atoms with Gasteiger partial charge in [0.25, 0.3) is 0 Å². The van der Waals surface area contributed by atoms with Crippen LogP contribution in [0.2, 0.25) is 0 Å². The minimum Gasteiger partial charge on any atom is -0.387 e. The van der Waals surface area contributed by atoms with Crippen molar-refractivity contribution in [1.29, 1.82) is 0 Å². The minimum absolute atomic E-state index is 0.101. The second kappa shape index (κ2) is 6.59. The molecule has 0 unspecified atom stereocenters. The van der Waals surface area contributed by atoms with Gasteiger partial charge in [-0.15, -0.1) is 11.3 Å². The lowest BCUT2D eigenvalue weighted by Gasteiger charge is -2.15. The molecule has 0 spiro atoms. The molecule has 1 aliphatic rings. The van der Waals surface area contributed by atoms with Crippen LogP contribution < -0.4 is 5.32 Å². The minimum atomic E-state index is -0.447. The van der Waals surface area contributed by atoms with E-state index >= 15 is 0 Å². The Bertz CT molecular complexity index is 718. The number of anilines is 2. The number of hydrogen-bond acceptors (Lipinski definition) is 7. The van der Waals surface area contributed by atoms with Gasteiger partial charge in [-0.05, 0) is 20.3 Å². The highest BCUT2D eigenvalue weighted by atomic mass is 32.1. The van der Waals surface area contributed by atoms with Gasteiger partial charge in [0.05, 0.1) is 5.69 Å². The third-order valence-electron chi connectivity index (χ3n) is 3.77. The van der Waals surface area contributed by atoms with Gasteiger partial charge in [-0.2, -0.15) is 0 Å². The first-order chi connectivity index (χ1) is 11.0. The van der Waals surface area contributed by atoms with Gasteiger partial charge in [-0.1, -0.05) is 0 Å². The van der Waals surface area contributed by atoms with Crippen LogP contribution >= 0.6 is 11.3 Å². The first kappa shape index (κ1) is 15.8. The Labute approximate surface area is 138 Å². The molecule has 122 valence electrons. The molecule has 1 fully saturated rings. The lowest BCUT2D eigenvalue weighted by Crippen LogP contribution is -2.30. The number of aliphatic hydroxyl groups excluding tert-OH is 1. The molecule has 7 nitrogen and oxygen atoms in total. The lowest BCUT2D eigenvalue weighted by atomic mass is 10.1. The summed E-state index contributed by atoms with van der Waals surface area (Å²) in [6.07, 6.45) is 0.811. The van der Waals surface area contributed by atoms with Gasteiger partial charge in [0.1, 0.15) is 18.2 Å². The van der Waals surface area contributed by atoms with Crippen LogP contribution in [0.1, 0.15) is 29.6 Å². The molecule has 1 saturated heterocycles. The maximum atomic E-state index is 11.6. The first-order valence-corrected chi connectivity index (χ1v) is 8.36. The summed E-state index contributed by atoms with van der Waals surface area (Å²) in [7, 11) is 0. The maximum absolute atomic E-state index is 11.6. The molecule has 0 bridgehead atoms. The van der Waals surface area contributed by atoms with Gasteiger partial charge >= 0.3 is 0 Å². The van der Waals surface area contributed by atoms with Crippen molar-refractivity contribution in [2.45, 2.75) is 26.2 Å². The standard InChI is InChI=1S/C15H19N5O2S/c1-9-5-12(19-15-17-10(2)8-23-15)18-14(16-9)11-3-4-20(6-11)13(22)7-21/h5,8,11,21H,3-4,6-7H2,1-2H3,(H,16,17,18,19)/t11-/m1/s1. The molecule has 1 amide bonds. The second-order valence-corrected chi connectivity index (χ2v) is 6.51. The molecule has 0 saturated carbocycles. The van der Waals surface area contributed by atoms with E-state index in [1.807, 2.05) is 25.3 Å². The number of carbonyl (C=O) groups is 1. The highest BCUT2D eigenvalue weighted by Crippen LogP contribution is 2.27. The fourth-order valence-electron chi connectivity index (χ4n) is 2.66. The van der Waals surface area contributed by atoms with E-state index in [1.165, 1.54) is 11.3 Å². The topological polar surface area (TPSA) is 91.2 Å². The first-order valence-electron chi connectivity index (χ1n) is 7.48. The Morgan fingerprint density at radius 1 is 1.39 bits per heavy atom. The van der Waals surface area contributed by atoms with Gasteiger partial charge in [-0.3, -0.25) is 4.79 Å². The fourth-order valence-corrected chi connectivity index (χ4v) is 3.35. The van der Waals surface area contributed by atoms with E-state index < -0.39 is 6.61 Å². The van der Waals surface area contributed by atoms with E-state index in [4.69, 9.17) is 5.11 Å². The van der Waals surface area contributed by atoms with Crippen LogP contribution in [0.15, 0.2) is 11.4 Å². The van der Waals surface area contributed by atoms with Crippen molar-refractivity contribution in [1.82, 2.24) is 19.9 Å². The van der Waals surface area contributed by atoms with Gasteiger partial charge in [0.15, 0.2) is 5.13 Å². The summed E-state index contributed by atoms with van der Waals surface area (Å²) < 4.78 is 0. The molecular formula is C15H19N5O2S. The molecule has 1 aliphatic heterocycles. The SMILES string of the molecule is Cc1cc(Nc2nc(C)cs2)nc([C@@H]2CCN(C(=O)CO)C2)n1. The summed E-state index contributed by atoms with van der Waals surface area (Å²) in [6.45, 7) is 4.62. The Hall–Kier alpha value is -2.06. The largest absolute Gasteiger partial charge is 0.387 e. The quantitative estimate of drug-likeness (QED) is 0.883. The predicted molar refractivity (Wildman–Crippen MR) is 87.9 cm³/mol. The van der Waals surface area contributed by atoms with Crippen molar-refractivity contribution in [2.75, 3.05) is 25.0 Å². The van der Waals surface area contributed by atoms with E-state index in [0.29, 0.717) is 18.9 Å². The van der Waals surface area contributed by atoms with Crippen molar-refractivity contribution >= 4 is 28.2 Å². The van der Waals surface area contributed by atoms with Crippen LogP contribution in [0.5, 0.6) is 0 Å². The molecule has 3 heterocycles. The third kappa shape index (κ3) is 3.65. The second-order valence-electron chi connectivity index (χ2n) is 5.66. The smallest absolute Gasteiger partial charge is 0.248 e. The molecule has 0 aliphatic carbocycles. The van der Waals surface area contributed by atoms with Crippen molar-refractivity contribution in [3.63, 3.8) is 0 Å². The Morgan fingerprint density at radius 2 is 2.22 bits per heavy atom. The number of likely N-dealkylation sites (tertiary alicyclic amines) is 1. The summed E-state index contributed by atoms with van der Waals surface area (Å²) in [6, 6.07) is 1.88. The molecule has 23 heavy (non-hydrogen) atoms. The van der Waals surface area contributed by atoms with E-state index in [-0.39, 0.29) is 11.8 Å². The van der Waals surface area contributed by atoms with E-state index in [1.54, 1.807) is 4.90 Å². The average Bonchev–Trinajstić information content (AvgIpc) is 3.15. The number of nitrogens with one attached hydrogen (secondary N) is 1. The maximum Gasteiger partial charge on any atom is 0.248 e. The number of nitrogens with zero attached hydrogens (tertiary/aromatic N) is 4. The summed E-state index contributed by atoms with van der Waals surface area (Å²) in [5.74, 6) is 1.31. The summed E-state index contributed by atoms with van der Waals surface area (Å²) >= 11 is 1.53. The number of hydrogen-bond donors (Lipinski definition) is 2. The van der Waals surface area contributed by atoms with Gasteiger partial charge in [0.2, 0.25) is 5.91 Å². The normalized spacial score (nSPS) is 17.5. The zero-order valence-corrected chi connectivity index (χ0v) is 13.9. The van der Waals surface area contributed by atoms with Crippen LogP contribution in [0.25, 0.3) is 0 Å². The zero-order valence-electron chi connectivity index (χ0n) is 13.1. The van der Waals surface area contributed by atoms with Crippen LogP contribution in [-0.2, 0) is 4.79 Å². The number of aromatic nitrogens is 3. The van der Waals surface area contributed by atoms with Crippen molar-refractivity contribution in [2.24, 2.45) is 0 Å². The van der Waals surface area contributed by atoms with Crippen molar-refractivity contribution in [3.05, 3.63) is 28.7 Å². The zero-order chi connectivity index (χ0) is 16.4. The molecule has 2 N–H and O–H groups in total. The summed E-state index contributed by atoms with van der Waals surface area (Å²) in [5, 5.41) is 15.0. The van der Waals surface area contributed by atoms with E-state index in [2.05, 4.69) is 20.3 Å². The number of aliphatic hydroxyl groups is 1. The molecule has 8 heteroatoms. The number of rotatable bonds is 4. The molecule has 0 aromatic carbocycles. The highest BCUT2D eigenvalue weighted by Gasteiger charge is 2.29. The van der Waals surface area contributed by atoms with E-state index in [0.717, 1.165) is 28.8 Å². The van der Waals surface area contributed by atoms with E-state index in [9.17, 15) is 4.79 Å². The van der Waals surface area contributed by atoms with Crippen LogP contribution in [0, 0.1) is 13.8 Å². The number of carbonyl (C=O) groups excluding carboxylic acids is 1. The number of amides is 1. The average molecular weight is 333 g/mol. The highest BCUT2D eigenvalue weighted by molar-refractivity contribution is 7.13. The molecule has 2 aromatic heterocycles. The predicted octanol–water partition coefficient (Wildman–Crippen LogP) is 1.60. The van der Waals surface area contributed by atoms with Gasteiger partial charge < -0.3 is 15.3 Å². The molecular weight excluding hydrogens is 314 g/mol. The Kier molecular flexibility index (Phi) is 4.53. The Morgan fingerprint density at radius 3 is 2.91 bits per heavy atom. The Balaban J connectivity index is 1.77. The van der Waals surface area contributed by atoms with Crippen molar-refractivity contribution < 1.29 is 9.90 Å². The van der Waals surface area contributed by atoms with Gasteiger partial charge in [-0.25, -0.2) is 15.0 Å². The lowest BCUT2D eigenvalue weighted by molar-refractivity contribution is -0.133. The molecule has 2 aromatic rings. The fraction of sp³-hybridized carbons (Fsp3) is 0.467. The summed E-state index contributed by atoms with van der Waals surface area (Å²) in [5.41, 5.74) is 1.84. The van der Waals surface area contributed by atoms with Crippen LogP contribution in [0.3, 0.4) is 0 Å².